The van der Waals surface area contributed by atoms with E-state index in [4.69, 9.17) is 23.2 Å². The highest BCUT2D eigenvalue weighted by Gasteiger charge is 2.03. The maximum atomic E-state index is 11.7. The van der Waals surface area contributed by atoms with Crippen molar-refractivity contribution >= 4 is 34.1 Å². The molecule has 0 N–H and O–H groups in total. The van der Waals surface area contributed by atoms with Gasteiger partial charge in [-0.05, 0) is 18.2 Å². The summed E-state index contributed by atoms with van der Waals surface area (Å²) in [7, 11) is 0. The molecule has 0 spiro atoms. The number of nitrogens with zero attached hydrogens (tertiary/aromatic N) is 2. The lowest BCUT2D eigenvalue weighted by molar-refractivity contribution is 0.816. The Bertz CT molecular complexity index is 536. The predicted molar refractivity (Wildman–Crippen MR) is 56.9 cm³/mol. The Balaban J connectivity index is 2.87. The van der Waals surface area contributed by atoms with Gasteiger partial charge in [0, 0.05) is 5.02 Å². The molecule has 2 rings (SSSR count). The summed E-state index contributed by atoms with van der Waals surface area (Å²) in [5.74, 6) is 0. The first-order chi connectivity index (χ1) is 6.72. The number of halogens is 2. The maximum Gasteiger partial charge on any atom is 0.262 e. The summed E-state index contributed by atoms with van der Waals surface area (Å²) in [5, 5.41) is 1.00. The zero-order chi connectivity index (χ0) is 10.1. The van der Waals surface area contributed by atoms with Crippen LogP contribution in [0.1, 0.15) is 0 Å². The van der Waals surface area contributed by atoms with Crippen LogP contribution in [0.2, 0.25) is 5.02 Å². The monoisotopic (exact) mass is 228 g/mol. The van der Waals surface area contributed by atoms with Gasteiger partial charge in [-0.1, -0.05) is 11.6 Å². The Morgan fingerprint density at radius 2 is 2.21 bits per heavy atom. The molecule has 1 aromatic carbocycles. The summed E-state index contributed by atoms with van der Waals surface area (Å²) in [6.45, 7) is 0. The molecule has 0 unspecified atom stereocenters. The lowest BCUT2D eigenvalue weighted by Crippen LogP contribution is -2.18. The number of rotatable bonds is 1. The van der Waals surface area contributed by atoms with Gasteiger partial charge in [-0.25, -0.2) is 4.98 Å². The largest absolute Gasteiger partial charge is 0.284 e. The van der Waals surface area contributed by atoms with Gasteiger partial charge in [0.15, 0.2) is 0 Å². The molecule has 1 heterocycles. The molecule has 0 radical (unpaired) electrons. The van der Waals surface area contributed by atoms with Crippen molar-refractivity contribution in [2.75, 3.05) is 0 Å². The molecule has 72 valence electrons. The molecule has 0 atom stereocenters. The summed E-state index contributed by atoms with van der Waals surface area (Å²) in [5.41, 5.74) is 0.452. The van der Waals surface area contributed by atoms with Crippen molar-refractivity contribution in [3.8, 4) is 0 Å². The van der Waals surface area contributed by atoms with Gasteiger partial charge in [-0.3, -0.25) is 9.36 Å². The number of aromatic nitrogens is 2. The van der Waals surface area contributed by atoms with Gasteiger partial charge in [0.05, 0.1) is 17.2 Å². The summed E-state index contributed by atoms with van der Waals surface area (Å²) in [4.78, 5) is 15.8. The van der Waals surface area contributed by atoms with Gasteiger partial charge in [0.1, 0.15) is 6.00 Å². The average Bonchev–Trinajstić information content (AvgIpc) is 2.20. The van der Waals surface area contributed by atoms with Crippen molar-refractivity contribution in [3.63, 3.8) is 0 Å². The molecule has 0 aliphatic heterocycles. The van der Waals surface area contributed by atoms with Crippen molar-refractivity contribution in [2.24, 2.45) is 0 Å². The zero-order valence-electron chi connectivity index (χ0n) is 7.08. The molecule has 14 heavy (non-hydrogen) atoms. The van der Waals surface area contributed by atoms with Gasteiger partial charge in [0.2, 0.25) is 0 Å². The van der Waals surface area contributed by atoms with E-state index in [9.17, 15) is 4.79 Å². The minimum Gasteiger partial charge on any atom is -0.284 e. The van der Waals surface area contributed by atoms with Crippen molar-refractivity contribution < 1.29 is 0 Å². The average molecular weight is 229 g/mol. The summed E-state index contributed by atoms with van der Waals surface area (Å²) in [6, 6.07) is 5.09. The second kappa shape index (κ2) is 3.59. The molecule has 0 aliphatic carbocycles. The zero-order valence-corrected chi connectivity index (χ0v) is 8.59. The van der Waals surface area contributed by atoms with E-state index in [1.807, 2.05) is 0 Å². The highest BCUT2D eigenvalue weighted by Crippen LogP contribution is 2.13. The lowest BCUT2D eigenvalue weighted by Gasteiger charge is -2.01. The Labute approximate surface area is 89.9 Å². The van der Waals surface area contributed by atoms with E-state index in [0.717, 1.165) is 0 Å². The third-order valence-corrected chi connectivity index (χ3v) is 2.41. The van der Waals surface area contributed by atoms with Crippen LogP contribution in [0.15, 0.2) is 29.3 Å². The van der Waals surface area contributed by atoms with Crippen LogP contribution in [-0.4, -0.2) is 9.55 Å². The molecule has 1 aromatic heterocycles. The number of fused-ring (bicyclic) bond motifs is 1. The summed E-state index contributed by atoms with van der Waals surface area (Å²) >= 11 is 11.3. The fraction of sp³-hybridized carbons (Fsp3) is 0.111. The second-order valence-electron chi connectivity index (χ2n) is 2.80. The predicted octanol–water partition coefficient (Wildman–Crippen LogP) is 2.25. The number of hydrogen-bond acceptors (Lipinski definition) is 2. The van der Waals surface area contributed by atoms with Gasteiger partial charge in [0.25, 0.3) is 5.56 Å². The number of hydrogen-bond donors (Lipinski definition) is 0. The Morgan fingerprint density at radius 1 is 1.43 bits per heavy atom. The van der Waals surface area contributed by atoms with Gasteiger partial charge in [-0.2, -0.15) is 0 Å². The molecular formula is C9H6Cl2N2O. The fourth-order valence-electron chi connectivity index (χ4n) is 1.22. The smallest absolute Gasteiger partial charge is 0.262 e. The lowest BCUT2D eigenvalue weighted by atomic mass is 10.2. The third kappa shape index (κ3) is 1.49. The first kappa shape index (κ1) is 9.49. The van der Waals surface area contributed by atoms with Crippen LogP contribution in [0.5, 0.6) is 0 Å². The molecule has 0 fully saturated rings. The van der Waals surface area contributed by atoms with Crippen molar-refractivity contribution in [2.45, 2.75) is 6.00 Å². The molecular weight excluding hydrogens is 223 g/mol. The van der Waals surface area contributed by atoms with Crippen molar-refractivity contribution in [1.29, 1.82) is 0 Å². The first-order valence-electron chi connectivity index (χ1n) is 3.93. The third-order valence-electron chi connectivity index (χ3n) is 1.91. The number of benzene rings is 1. The second-order valence-corrected chi connectivity index (χ2v) is 3.48. The molecule has 0 saturated carbocycles. The van der Waals surface area contributed by atoms with Crippen molar-refractivity contribution in [1.82, 2.24) is 9.55 Å². The minimum absolute atomic E-state index is 0.0916. The van der Waals surface area contributed by atoms with Gasteiger partial charge in [-0.15, -0.1) is 11.6 Å². The molecule has 0 amide bonds. The molecule has 0 aliphatic rings. The van der Waals surface area contributed by atoms with Crippen LogP contribution in [0.4, 0.5) is 0 Å². The molecule has 0 saturated heterocycles. The van der Waals surface area contributed by atoms with E-state index in [2.05, 4.69) is 4.98 Å². The van der Waals surface area contributed by atoms with Crippen molar-refractivity contribution in [3.05, 3.63) is 39.9 Å². The van der Waals surface area contributed by atoms with Gasteiger partial charge < -0.3 is 0 Å². The molecule has 5 heteroatoms. The van der Waals surface area contributed by atoms with Crippen LogP contribution in [0, 0.1) is 0 Å². The van der Waals surface area contributed by atoms with E-state index in [1.54, 1.807) is 18.2 Å². The fourth-order valence-corrected chi connectivity index (χ4v) is 1.56. The molecule has 0 bridgehead atoms. The van der Waals surface area contributed by atoms with E-state index in [0.29, 0.717) is 15.9 Å². The van der Waals surface area contributed by atoms with Gasteiger partial charge >= 0.3 is 0 Å². The maximum absolute atomic E-state index is 11.7. The number of alkyl halides is 1. The standard InChI is InChI=1S/C9H6Cl2N2O/c10-4-13-5-12-8-2-1-6(11)3-7(8)9(13)14/h1-3,5H,4H2. The van der Waals surface area contributed by atoms with E-state index in [1.165, 1.54) is 10.9 Å². The molecule has 2 aromatic rings. The normalized spacial score (nSPS) is 10.7. The van der Waals surface area contributed by atoms with Crippen LogP contribution in [0.25, 0.3) is 10.9 Å². The Morgan fingerprint density at radius 3 is 2.93 bits per heavy atom. The minimum atomic E-state index is -0.174. The molecule has 3 nitrogen and oxygen atoms in total. The van der Waals surface area contributed by atoms with Crippen LogP contribution < -0.4 is 5.56 Å². The van der Waals surface area contributed by atoms with E-state index >= 15 is 0 Å². The summed E-state index contributed by atoms with van der Waals surface area (Å²) < 4.78 is 1.32. The quantitative estimate of drug-likeness (QED) is 0.703. The Hall–Kier alpha value is -1.06. The van der Waals surface area contributed by atoms with E-state index in [-0.39, 0.29) is 11.6 Å². The first-order valence-corrected chi connectivity index (χ1v) is 4.84. The van der Waals surface area contributed by atoms with Crippen LogP contribution in [-0.2, 0) is 6.00 Å². The highest BCUT2D eigenvalue weighted by atomic mass is 35.5. The summed E-state index contributed by atoms with van der Waals surface area (Å²) in [6.07, 6.45) is 1.42. The Kier molecular flexibility index (Phi) is 2.44. The SMILES string of the molecule is O=c1c2cc(Cl)ccc2ncn1CCl. The highest BCUT2D eigenvalue weighted by molar-refractivity contribution is 6.31. The van der Waals surface area contributed by atoms with E-state index < -0.39 is 0 Å². The van der Waals surface area contributed by atoms with Crippen LogP contribution >= 0.6 is 23.2 Å². The topological polar surface area (TPSA) is 34.9 Å². The van der Waals surface area contributed by atoms with Crippen LogP contribution in [0.3, 0.4) is 0 Å².